The Morgan fingerprint density at radius 2 is 1.75 bits per heavy atom. The van der Waals surface area contributed by atoms with Crippen molar-refractivity contribution >= 4 is 30.2 Å². The minimum Gasteiger partial charge on any atom is -0.399 e. The van der Waals surface area contributed by atoms with Crippen molar-refractivity contribution in [2.45, 2.75) is 45.1 Å². The molecule has 0 spiro atoms. The van der Waals surface area contributed by atoms with Crippen LogP contribution in [0.25, 0.3) is 6.08 Å². The Bertz CT molecular complexity index is 1010. The summed E-state index contributed by atoms with van der Waals surface area (Å²) in [6.45, 7) is 8.22. The van der Waals surface area contributed by atoms with Gasteiger partial charge in [-0.3, -0.25) is 0 Å². The number of hydrogen-bond donors (Lipinski definition) is 1. The average molecular weight is 374 g/mol. The number of para-hydroxylation sites is 1. The monoisotopic (exact) mass is 374 g/mol. The Kier molecular flexibility index (Phi) is 3.66. The molecule has 1 saturated heterocycles. The molecule has 0 aromatic heterocycles. The van der Waals surface area contributed by atoms with Gasteiger partial charge in [0, 0.05) is 17.3 Å². The van der Waals surface area contributed by atoms with E-state index in [4.69, 9.17) is 9.31 Å². The number of fused-ring (bicyclic) bond motifs is 5. The molecule has 5 nitrogen and oxygen atoms in total. The van der Waals surface area contributed by atoms with Gasteiger partial charge in [0.1, 0.15) is 5.84 Å². The molecule has 0 aliphatic carbocycles. The second kappa shape index (κ2) is 5.80. The van der Waals surface area contributed by atoms with Crippen molar-refractivity contribution in [3.8, 4) is 0 Å². The lowest BCUT2D eigenvalue weighted by Crippen LogP contribution is -2.41. The van der Waals surface area contributed by atoms with E-state index in [9.17, 15) is 5.11 Å². The number of nitrogens with zero attached hydrogens (tertiary/aromatic N) is 2. The molecule has 0 amide bonds. The molecule has 142 valence electrons. The molecule has 1 fully saturated rings. The van der Waals surface area contributed by atoms with Crippen LogP contribution in [0.4, 0.5) is 5.69 Å². The summed E-state index contributed by atoms with van der Waals surface area (Å²) in [5.74, 6) is 0.754. The highest BCUT2D eigenvalue weighted by Gasteiger charge is 2.51. The van der Waals surface area contributed by atoms with E-state index in [1.165, 1.54) is 0 Å². The van der Waals surface area contributed by atoms with Crippen LogP contribution in [-0.2, 0) is 9.31 Å². The van der Waals surface area contributed by atoms with Gasteiger partial charge in [-0.2, -0.15) is 0 Å². The largest absolute Gasteiger partial charge is 0.494 e. The van der Waals surface area contributed by atoms with Crippen LogP contribution in [-0.4, -0.2) is 29.3 Å². The Hall–Kier alpha value is -2.41. The number of amidine groups is 1. The number of rotatable bonds is 1. The first-order valence-electron chi connectivity index (χ1n) is 9.59. The molecule has 1 unspecified atom stereocenters. The average Bonchev–Trinajstić information content (AvgIpc) is 2.89. The van der Waals surface area contributed by atoms with Crippen LogP contribution in [0.3, 0.4) is 0 Å². The normalized spacial score (nSPS) is 23.8. The summed E-state index contributed by atoms with van der Waals surface area (Å²) < 4.78 is 12.4. The van der Waals surface area contributed by atoms with Gasteiger partial charge in [0.05, 0.1) is 16.9 Å². The van der Waals surface area contributed by atoms with E-state index < -0.39 is 13.3 Å². The lowest BCUT2D eigenvalue weighted by Gasteiger charge is -2.33. The highest BCUT2D eigenvalue weighted by atomic mass is 16.7. The molecule has 6 heteroatoms. The van der Waals surface area contributed by atoms with Gasteiger partial charge in [-0.1, -0.05) is 36.4 Å². The number of anilines is 1. The first kappa shape index (κ1) is 17.7. The van der Waals surface area contributed by atoms with Crippen molar-refractivity contribution in [2.75, 3.05) is 4.90 Å². The van der Waals surface area contributed by atoms with Gasteiger partial charge >= 0.3 is 7.12 Å². The molecule has 2 aromatic rings. The van der Waals surface area contributed by atoms with E-state index in [1.807, 2.05) is 47.5 Å². The third-order valence-corrected chi connectivity index (χ3v) is 6.19. The summed E-state index contributed by atoms with van der Waals surface area (Å²) in [6.07, 6.45) is 3.21. The molecular formula is C22H23BN2O3. The van der Waals surface area contributed by atoms with Crippen LogP contribution in [0.2, 0.25) is 0 Å². The van der Waals surface area contributed by atoms with Gasteiger partial charge in [0.25, 0.3) is 0 Å². The van der Waals surface area contributed by atoms with E-state index in [0.29, 0.717) is 0 Å². The van der Waals surface area contributed by atoms with Gasteiger partial charge in [0.15, 0.2) is 6.23 Å². The zero-order chi connectivity index (χ0) is 19.7. The maximum absolute atomic E-state index is 10.5. The molecular weight excluding hydrogens is 351 g/mol. The maximum atomic E-state index is 10.5. The molecule has 2 aromatic carbocycles. The van der Waals surface area contributed by atoms with Gasteiger partial charge in [-0.05, 0) is 50.9 Å². The third kappa shape index (κ3) is 2.49. The van der Waals surface area contributed by atoms with Crippen molar-refractivity contribution in [1.82, 2.24) is 0 Å². The van der Waals surface area contributed by atoms with E-state index in [2.05, 4.69) is 44.8 Å². The molecule has 1 atom stereocenters. The molecule has 28 heavy (non-hydrogen) atoms. The summed E-state index contributed by atoms with van der Waals surface area (Å²) in [5, 5.41) is 10.5. The Morgan fingerprint density at radius 1 is 1.04 bits per heavy atom. The van der Waals surface area contributed by atoms with Crippen LogP contribution in [0.5, 0.6) is 0 Å². The minimum absolute atomic E-state index is 0.374. The molecule has 3 aliphatic rings. The lowest BCUT2D eigenvalue weighted by molar-refractivity contribution is 0.00578. The van der Waals surface area contributed by atoms with Gasteiger partial charge < -0.3 is 19.3 Å². The molecule has 3 aliphatic heterocycles. The smallest absolute Gasteiger partial charge is 0.399 e. The standard InChI is InChI=1S/C22H23BN2O3/c1-21(2)22(3,4)28-23(27-21)15-9-10-16-14(13-15)11-12-25-18-8-6-5-7-17(18)20(26)24-19(16)25/h5-13,20,26H,1-4H3. The summed E-state index contributed by atoms with van der Waals surface area (Å²) in [4.78, 5) is 6.57. The topological polar surface area (TPSA) is 54.3 Å². The SMILES string of the molecule is CC1(C)OB(c2ccc3c(c2)C=CN2C3=NC(O)c3ccccc32)OC1(C)C. The Morgan fingerprint density at radius 3 is 2.50 bits per heavy atom. The van der Waals surface area contributed by atoms with Crippen molar-refractivity contribution in [1.29, 1.82) is 0 Å². The summed E-state index contributed by atoms with van der Waals surface area (Å²) in [6, 6.07) is 13.9. The summed E-state index contributed by atoms with van der Waals surface area (Å²) in [5.41, 5.74) is 4.02. The van der Waals surface area contributed by atoms with Gasteiger partial charge in [-0.25, -0.2) is 4.99 Å². The lowest BCUT2D eigenvalue weighted by atomic mass is 9.77. The fourth-order valence-corrected chi connectivity index (χ4v) is 3.84. The number of hydrogen-bond acceptors (Lipinski definition) is 5. The van der Waals surface area contributed by atoms with E-state index in [0.717, 1.165) is 33.7 Å². The van der Waals surface area contributed by atoms with E-state index >= 15 is 0 Å². The van der Waals surface area contributed by atoms with E-state index in [1.54, 1.807) is 0 Å². The van der Waals surface area contributed by atoms with Crippen molar-refractivity contribution in [2.24, 2.45) is 4.99 Å². The second-order valence-corrected chi connectivity index (χ2v) is 8.51. The predicted molar refractivity (Wildman–Crippen MR) is 112 cm³/mol. The molecule has 5 rings (SSSR count). The number of aliphatic hydroxyl groups is 1. The Balaban J connectivity index is 1.53. The molecule has 0 bridgehead atoms. The second-order valence-electron chi connectivity index (χ2n) is 8.51. The summed E-state index contributed by atoms with van der Waals surface area (Å²) in [7, 11) is -0.402. The van der Waals surface area contributed by atoms with Crippen molar-refractivity contribution in [3.63, 3.8) is 0 Å². The number of benzene rings is 2. The zero-order valence-corrected chi connectivity index (χ0v) is 16.5. The quantitative estimate of drug-likeness (QED) is 0.779. The first-order chi connectivity index (χ1) is 13.3. The molecule has 3 heterocycles. The highest BCUT2D eigenvalue weighted by Crippen LogP contribution is 2.38. The van der Waals surface area contributed by atoms with Crippen molar-refractivity contribution < 1.29 is 14.4 Å². The first-order valence-corrected chi connectivity index (χ1v) is 9.59. The van der Waals surface area contributed by atoms with Crippen LogP contribution < -0.4 is 10.4 Å². The fraction of sp³-hybridized carbons (Fsp3) is 0.318. The fourth-order valence-electron chi connectivity index (χ4n) is 3.84. The molecule has 0 radical (unpaired) electrons. The van der Waals surface area contributed by atoms with Crippen LogP contribution in [0, 0.1) is 0 Å². The zero-order valence-electron chi connectivity index (χ0n) is 16.5. The van der Waals surface area contributed by atoms with Gasteiger partial charge in [-0.15, -0.1) is 0 Å². The summed E-state index contributed by atoms with van der Waals surface area (Å²) >= 11 is 0. The maximum Gasteiger partial charge on any atom is 0.494 e. The van der Waals surface area contributed by atoms with Crippen molar-refractivity contribution in [3.05, 3.63) is 65.4 Å². The Labute approximate surface area is 165 Å². The molecule has 0 saturated carbocycles. The third-order valence-electron chi connectivity index (χ3n) is 6.19. The van der Waals surface area contributed by atoms with Crippen LogP contribution in [0.15, 0.2) is 53.7 Å². The van der Waals surface area contributed by atoms with E-state index in [-0.39, 0.29) is 11.2 Å². The highest BCUT2D eigenvalue weighted by molar-refractivity contribution is 6.62. The van der Waals surface area contributed by atoms with Crippen LogP contribution >= 0.6 is 0 Å². The molecule has 1 N–H and O–H groups in total. The van der Waals surface area contributed by atoms with Crippen LogP contribution in [0.1, 0.15) is 50.6 Å². The minimum atomic E-state index is -0.857. The number of aliphatic imine (C=N–C) groups is 1. The number of aliphatic hydroxyl groups excluding tert-OH is 1. The van der Waals surface area contributed by atoms with Gasteiger partial charge in [0.2, 0.25) is 0 Å². The predicted octanol–water partition coefficient (Wildman–Crippen LogP) is 3.23.